The van der Waals surface area contributed by atoms with Crippen LogP contribution in [0.1, 0.15) is 0 Å². The maximum atomic E-state index is 6.17. The van der Waals surface area contributed by atoms with Crippen LogP contribution < -0.4 is 0 Å². The first-order chi connectivity index (χ1) is 9.83. The van der Waals surface area contributed by atoms with Crippen LogP contribution in [0.15, 0.2) is 60.7 Å². The van der Waals surface area contributed by atoms with E-state index in [0.29, 0.717) is 5.15 Å². The second kappa shape index (κ2) is 4.36. The summed E-state index contributed by atoms with van der Waals surface area (Å²) in [6.07, 6.45) is 0. The summed E-state index contributed by atoms with van der Waals surface area (Å²) in [4.78, 5) is 7.74. The van der Waals surface area contributed by atoms with Gasteiger partial charge in [-0.3, -0.25) is 0 Å². The van der Waals surface area contributed by atoms with E-state index < -0.39 is 0 Å². The van der Waals surface area contributed by atoms with E-state index in [9.17, 15) is 0 Å². The third-order valence-electron chi connectivity index (χ3n) is 3.52. The normalized spacial score (nSPS) is 11.2. The number of pyridine rings is 1. The number of rotatable bonds is 1. The van der Waals surface area contributed by atoms with Gasteiger partial charge in [-0.1, -0.05) is 60.1 Å². The second-order valence-corrected chi connectivity index (χ2v) is 5.14. The molecule has 4 rings (SSSR count). The fourth-order valence-corrected chi connectivity index (χ4v) is 2.85. The van der Waals surface area contributed by atoms with Crippen molar-refractivity contribution in [1.29, 1.82) is 0 Å². The Morgan fingerprint density at radius 3 is 2.50 bits per heavy atom. The monoisotopic (exact) mass is 278 g/mol. The molecular formula is C17H11ClN2. The van der Waals surface area contributed by atoms with Crippen molar-refractivity contribution in [3.05, 3.63) is 65.8 Å². The molecule has 0 radical (unpaired) electrons. The van der Waals surface area contributed by atoms with Gasteiger partial charge in [0, 0.05) is 16.3 Å². The van der Waals surface area contributed by atoms with E-state index in [1.54, 1.807) is 0 Å². The Kier molecular flexibility index (Phi) is 2.51. The number of halogens is 1. The van der Waals surface area contributed by atoms with E-state index in [-0.39, 0.29) is 0 Å². The molecule has 2 nitrogen and oxygen atoms in total. The van der Waals surface area contributed by atoms with Crippen LogP contribution in [-0.4, -0.2) is 9.97 Å². The molecular weight excluding hydrogens is 268 g/mol. The molecule has 2 aromatic heterocycles. The molecule has 0 unspecified atom stereocenters. The van der Waals surface area contributed by atoms with Gasteiger partial charge in [-0.2, -0.15) is 0 Å². The van der Waals surface area contributed by atoms with Gasteiger partial charge in [-0.05, 0) is 23.3 Å². The minimum Gasteiger partial charge on any atom is -0.339 e. The number of nitrogens with zero attached hydrogens (tertiary/aromatic N) is 1. The molecule has 4 aromatic rings. The molecule has 0 atom stereocenters. The Balaban J connectivity index is 2.19. The van der Waals surface area contributed by atoms with Crippen LogP contribution in [0, 0.1) is 0 Å². The highest BCUT2D eigenvalue weighted by atomic mass is 35.5. The number of H-pyrrole nitrogens is 1. The van der Waals surface area contributed by atoms with Crippen LogP contribution in [-0.2, 0) is 0 Å². The van der Waals surface area contributed by atoms with Crippen molar-refractivity contribution in [2.45, 2.75) is 0 Å². The predicted octanol–water partition coefficient (Wildman–Crippen LogP) is 5.04. The van der Waals surface area contributed by atoms with Crippen molar-refractivity contribution in [3.8, 4) is 11.1 Å². The fourth-order valence-electron chi connectivity index (χ4n) is 2.66. The van der Waals surface area contributed by atoms with E-state index >= 15 is 0 Å². The second-order valence-electron chi connectivity index (χ2n) is 4.75. The van der Waals surface area contributed by atoms with Gasteiger partial charge in [-0.25, -0.2) is 4.98 Å². The number of fused-ring (bicyclic) bond motifs is 3. The first-order valence-electron chi connectivity index (χ1n) is 6.45. The summed E-state index contributed by atoms with van der Waals surface area (Å²) in [5, 5.41) is 2.80. The van der Waals surface area contributed by atoms with Gasteiger partial charge in [0.1, 0.15) is 10.8 Å². The van der Waals surface area contributed by atoms with Crippen molar-refractivity contribution in [1.82, 2.24) is 9.97 Å². The number of hydrogen-bond acceptors (Lipinski definition) is 1. The summed E-state index contributed by atoms with van der Waals surface area (Å²) in [7, 11) is 0. The van der Waals surface area contributed by atoms with E-state index in [4.69, 9.17) is 11.6 Å². The van der Waals surface area contributed by atoms with Gasteiger partial charge in [-0.15, -0.1) is 0 Å². The highest BCUT2D eigenvalue weighted by molar-refractivity contribution is 6.30. The zero-order valence-electron chi connectivity index (χ0n) is 10.6. The van der Waals surface area contributed by atoms with Gasteiger partial charge in [0.05, 0.1) is 0 Å². The Labute approximate surface area is 121 Å². The van der Waals surface area contributed by atoms with Crippen molar-refractivity contribution < 1.29 is 0 Å². The lowest BCUT2D eigenvalue weighted by atomic mass is 10.0. The van der Waals surface area contributed by atoms with Crippen molar-refractivity contribution in [2.75, 3.05) is 0 Å². The van der Waals surface area contributed by atoms with Crippen molar-refractivity contribution in [3.63, 3.8) is 0 Å². The van der Waals surface area contributed by atoms with E-state index in [0.717, 1.165) is 27.7 Å². The Morgan fingerprint density at radius 1 is 0.900 bits per heavy atom. The molecule has 0 amide bonds. The number of nitrogens with one attached hydrogen (secondary N) is 1. The fraction of sp³-hybridized carbons (Fsp3) is 0. The molecule has 96 valence electrons. The summed E-state index contributed by atoms with van der Waals surface area (Å²) in [6.45, 7) is 0. The summed E-state index contributed by atoms with van der Waals surface area (Å²) in [5.74, 6) is 0. The zero-order valence-corrected chi connectivity index (χ0v) is 11.4. The Hall–Kier alpha value is -2.32. The van der Waals surface area contributed by atoms with Crippen LogP contribution in [0.3, 0.4) is 0 Å². The summed E-state index contributed by atoms with van der Waals surface area (Å²) in [6, 6.07) is 20.4. The smallest absolute Gasteiger partial charge is 0.140 e. The highest BCUT2D eigenvalue weighted by Crippen LogP contribution is 2.35. The molecule has 0 fully saturated rings. The molecule has 3 heteroatoms. The Morgan fingerprint density at radius 2 is 1.65 bits per heavy atom. The van der Waals surface area contributed by atoms with E-state index in [2.05, 4.69) is 34.2 Å². The number of aromatic amines is 1. The summed E-state index contributed by atoms with van der Waals surface area (Å²) in [5.41, 5.74) is 4.16. The standard InChI is InChI=1S/C17H11ClN2/c18-15-10-13(11-6-2-1-3-7-11)16-12-8-4-5-9-14(12)19-17(16)20-15/h1-10H,(H,19,20). The molecule has 0 saturated heterocycles. The first kappa shape index (κ1) is 11.5. The lowest BCUT2D eigenvalue weighted by molar-refractivity contribution is 1.35. The van der Waals surface area contributed by atoms with Gasteiger partial charge in [0.2, 0.25) is 0 Å². The molecule has 2 aromatic carbocycles. The molecule has 2 heterocycles. The van der Waals surface area contributed by atoms with Crippen LogP contribution >= 0.6 is 11.6 Å². The summed E-state index contributed by atoms with van der Waals surface area (Å²) >= 11 is 6.17. The first-order valence-corrected chi connectivity index (χ1v) is 6.83. The Bertz CT molecular complexity index is 910. The lowest BCUT2D eigenvalue weighted by Crippen LogP contribution is -1.84. The van der Waals surface area contributed by atoms with Gasteiger partial charge >= 0.3 is 0 Å². The molecule has 20 heavy (non-hydrogen) atoms. The molecule has 0 spiro atoms. The van der Waals surface area contributed by atoms with Gasteiger partial charge in [0.25, 0.3) is 0 Å². The van der Waals surface area contributed by atoms with Crippen molar-refractivity contribution in [2.24, 2.45) is 0 Å². The van der Waals surface area contributed by atoms with Gasteiger partial charge < -0.3 is 4.98 Å². The lowest BCUT2D eigenvalue weighted by Gasteiger charge is -2.04. The molecule has 0 bridgehead atoms. The van der Waals surface area contributed by atoms with Crippen LogP contribution in [0.4, 0.5) is 0 Å². The largest absolute Gasteiger partial charge is 0.339 e. The number of benzene rings is 2. The van der Waals surface area contributed by atoms with Crippen LogP contribution in [0.5, 0.6) is 0 Å². The maximum absolute atomic E-state index is 6.17. The molecule has 0 aliphatic heterocycles. The third kappa shape index (κ3) is 1.69. The SMILES string of the molecule is Clc1cc(-c2ccccc2)c2c(n1)[nH]c1ccccc12. The van der Waals surface area contributed by atoms with Crippen LogP contribution in [0.25, 0.3) is 33.1 Å². The van der Waals surface area contributed by atoms with E-state index in [1.165, 1.54) is 5.39 Å². The number of hydrogen-bond donors (Lipinski definition) is 1. The maximum Gasteiger partial charge on any atom is 0.140 e. The third-order valence-corrected chi connectivity index (χ3v) is 3.72. The van der Waals surface area contributed by atoms with Crippen molar-refractivity contribution >= 4 is 33.5 Å². The van der Waals surface area contributed by atoms with Crippen LogP contribution in [0.2, 0.25) is 5.15 Å². The zero-order chi connectivity index (χ0) is 13.5. The quantitative estimate of drug-likeness (QED) is 0.486. The average Bonchev–Trinajstić information content (AvgIpc) is 2.85. The molecule has 0 aliphatic carbocycles. The molecule has 0 saturated carbocycles. The highest BCUT2D eigenvalue weighted by Gasteiger charge is 2.12. The van der Waals surface area contributed by atoms with Gasteiger partial charge in [0.15, 0.2) is 0 Å². The predicted molar refractivity (Wildman–Crippen MR) is 84.0 cm³/mol. The number of aromatic nitrogens is 2. The summed E-state index contributed by atoms with van der Waals surface area (Å²) < 4.78 is 0. The number of para-hydroxylation sites is 1. The topological polar surface area (TPSA) is 28.7 Å². The average molecular weight is 279 g/mol. The molecule has 0 aliphatic rings. The van der Waals surface area contributed by atoms with E-state index in [1.807, 2.05) is 36.4 Å². The minimum absolute atomic E-state index is 0.503. The minimum atomic E-state index is 0.503. The molecule has 1 N–H and O–H groups in total.